The summed E-state index contributed by atoms with van der Waals surface area (Å²) < 4.78 is 80.6. The average Bonchev–Trinajstić information content (AvgIpc) is 2.85. The van der Waals surface area contributed by atoms with E-state index in [1.165, 1.54) is 0 Å². The Morgan fingerprint density at radius 3 is 1.81 bits per heavy atom. The summed E-state index contributed by atoms with van der Waals surface area (Å²) >= 11 is 0. The predicted octanol–water partition coefficient (Wildman–Crippen LogP) is 3.87. The molecule has 0 atom stereocenters. The molecule has 1 aromatic carbocycles. The highest BCUT2D eigenvalue weighted by atomic mass is 19.4. The van der Waals surface area contributed by atoms with E-state index in [4.69, 9.17) is 5.11 Å². The first-order valence-corrected chi connectivity index (χ1v) is 5.47. The number of aliphatic hydroxyl groups excluding tert-OH is 1. The van der Waals surface area contributed by atoms with Gasteiger partial charge in [-0.15, -0.1) is 0 Å². The Hall–Kier alpha value is -2.03. The van der Waals surface area contributed by atoms with E-state index in [-0.39, 0.29) is 17.5 Å². The SMILES string of the molecule is OCc1cc(-c2cc(C(F)(F)F)cc(C(F)(F)F)c2)on1. The Labute approximate surface area is 113 Å². The van der Waals surface area contributed by atoms with Gasteiger partial charge in [-0.2, -0.15) is 26.3 Å². The van der Waals surface area contributed by atoms with Crippen LogP contribution in [-0.4, -0.2) is 10.3 Å². The van der Waals surface area contributed by atoms with Crippen LogP contribution in [0.3, 0.4) is 0 Å². The molecular weight excluding hydrogens is 304 g/mol. The number of nitrogens with zero attached hydrogens (tertiary/aromatic N) is 1. The molecule has 0 radical (unpaired) electrons. The smallest absolute Gasteiger partial charge is 0.390 e. The lowest BCUT2D eigenvalue weighted by Crippen LogP contribution is -2.11. The van der Waals surface area contributed by atoms with Crippen molar-refractivity contribution in [3.05, 3.63) is 41.1 Å². The lowest BCUT2D eigenvalue weighted by molar-refractivity contribution is -0.143. The summed E-state index contributed by atoms with van der Waals surface area (Å²) in [5.41, 5.74) is -3.33. The van der Waals surface area contributed by atoms with Gasteiger partial charge in [-0.25, -0.2) is 0 Å². The van der Waals surface area contributed by atoms with Crippen molar-refractivity contribution >= 4 is 0 Å². The third kappa shape index (κ3) is 3.35. The summed E-state index contributed by atoms with van der Waals surface area (Å²) in [4.78, 5) is 0. The van der Waals surface area contributed by atoms with E-state index < -0.39 is 35.6 Å². The molecule has 1 heterocycles. The molecule has 2 aromatic rings. The molecule has 0 bridgehead atoms. The molecule has 0 saturated carbocycles. The number of aromatic nitrogens is 1. The maximum Gasteiger partial charge on any atom is 0.416 e. The summed E-state index contributed by atoms with van der Waals surface area (Å²) in [6, 6.07) is 2.14. The predicted molar refractivity (Wildman–Crippen MR) is 57.9 cm³/mol. The van der Waals surface area contributed by atoms with Crippen LogP contribution in [0.2, 0.25) is 0 Å². The Morgan fingerprint density at radius 1 is 0.905 bits per heavy atom. The van der Waals surface area contributed by atoms with E-state index in [1.54, 1.807) is 0 Å². The van der Waals surface area contributed by atoms with Crippen LogP contribution in [0.4, 0.5) is 26.3 Å². The van der Waals surface area contributed by atoms with Gasteiger partial charge in [-0.1, -0.05) is 5.16 Å². The number of benzene rings is 1. The van der Waals surface area contributed by atoms with Crippen molar-refractivity contribution in [3.63, 3.8) is 0 Å². The molecule has 0 amide bonds. The monoisotopic (exact) mass is 311 g/mol. The van der Waals surface area contributed by atoms with Gasteiger partial charge in [0.15, 0.2) is 5.76 Å². The Morgan fingerprint density at radius 2 is 1.43 bits per heavy atom. The second kappa shape index (κ2) is 5.06. The van der Waals surface area contributed by atoms with E-state index in [1.807, 2.05) is 0 Å². The van der Waals surface area contributed by atoms with E-state index >= 15 is 0 Å². The van der Waals surface area contributed by atoms with Crippen molar-refractivity contribution in [1.29, 1.82) is 0 Å². The quantitative estimate of drug-likeness (QED) is 0.856. The molecule has 0 spiro atoms. The molecule has 0 unspecified atom stereocenters. The maximum absolute atomic E-state index is 12.7. The number of hydrogen-bond acceptors (Lipinski definition) is 3. The van der Waals surface area contributed by atoms with Gasteiger partial charge >= 0.3 is 12.4 Å². The van der Waals surface area contributed by atoms with Crippen LogP contribution >= 0.6 is 0 Å². The van der Waals surface area contributed by atoms with Crippen LogP contribution < -0.4 is 0 Å². The number of alkyl halides is 6. The zero-order valence-corrected chi connectivity index (χ0v) is 10.1. The highest BCUT2D eigenvalue weighted by Gasteiger charge is 2.37. The van der Waals surface area contributed by atoms with E-state index in [2.05, 4.69) is 9.68 Å². The maximum atomic E-state index is 12.7. The molecule has 114 valence electrons. The van der Waals surface area contributed by atoms with Gasteiger partial charge in [0.25, 0.3) is 0 Å². The topological polar surface area (TPSA) is 46.3 Å². The number of halogens is 6. The van der Waals surface area contributed by atoms with Gasteiger partial charge in [0.05, 0.1) is 17.7 Å². The van der Waals surface area contributed by atoms with Crippen LogP contribution in [0, 0.1) is 0 Å². The first-order valence-electron chi connectivity index (χ1n) is 5.47. The van der Waals surface area contributed by atoms with Crippen molar-refractivity contribution in [1.82, 2.24) is 5.16 Å². The molecule has 0 fully saturated rings. The Balaban J connectivity index is 2.60. The first-order chi connectivity index (χ1) is 9.61. The highest BCUT2D eigenvalue weighted by Crippen LogP contribution is 2.38. The molecule has 1 aromatic heterocycles. The van der Waals surface area contributed by atoms with Gasteiger partial charge in [0.2, 0.25) is 0 Å². The minimum absolute atomic E-state index is 0.00373. The lowest BCUT2D eigenvalue weighted by Gasteiger charge is -2.13. The molecular formula is C12H7F6NO2. The van der Waals surface area contributed by atoms with Crippen LogP contribution in [0.5, 0.6) is 0 Å². The highest BCUT2D eigenvalue weighted by molar-refractivity contribution is 5.60. The second-order valence-corrected chi connectivity index (χ2v) is 4.14. The van der Waals surface area contributed by atoms with Crippen LogP contribution in [0.15, 0.2) is 28.8 Å². The minimum atomic E-state index is -4.93. The molecule has 21 heavy (non-hydrogen) atoms. The lowest BCUT2D eigenvalue weighted by atomic mass is 10.0. The zero-order chi connectivity index (χ0) is 15.8. The van der Waals surface area contributed by atoms with Gasteiger partial charge < -0.3 is 9.63 Å². The van der Waals surface area contributed by atoms with Crippen LogP contribution in [0.25, 0.3) is 11.3 Å². The Bertz CT molecular complexity index is 612. The van der Waals surface area contributed by atoms with Crippen molar-refractivity contribution in [3.8, 4) is 11.3 Å². The Kier molecular flexibility index (Phi) is 3.70. The number of rotatable bonds is 2. The van der Waals surface area contributed by atoms with Crippen molar-refractivity contribution in [2.75, 3.05) is 0 Å². The normalized spacial score (nSPS) is 12.7. The van der Waals surface area contributed by atoms with Crippen molar-refractivity contribution in [2.24, 2.45) is 0 Å². The summed E-state index contributed by atoms with van der Waals surface area (Å²) in [6.07, 6.45) is -9.87. The van der Waals surface area contributed by atoms with Gasteiger partial charge in [-0.05, 0) is 18.2 Å². The van der Waals surface area contributed by atoms with Gasteiger partial charge in [0.1, 0.15) is 5.69 Å². The molecule has 3 nitrogen and oxygen atoms in total. The van der Waals surface area contributed by atoms with E-state index in [9.17, 15) is 26.3 Å². The second-order valence-electron chi connectivity index (χ2n) is 4.14. The molecule has 0 aliphatic heterocycles. The molecule has 2 rings (SSSR count). The van der Waals surface area contributed by atoms with Crippen LogP contribution in [0.1, 0.15) is 16.8 Å². The fourth-order valence-corrected chi connectivity index (χ4v) is 1.62. The summed E-state index contributed by atoms with van der Waals surface area (Å²) in [6.45, 7) is -0.547. The van der Waals surface area contributed by atoms with Gasteiger partial charge in [0, 0.05) is 11.6 Å². The van der Waals surface area contributed by atoms with Crippen molar-refractivity contribution < 1.29 is 36.0 Å². The molecule has 0 saturated heterocycles. The largest absolute Gasteiger partial charge is 0.416 e. The van der Waals surface area contributed by atoms with E-state index in [0.29, 0.717) is 12.1 Å². The molecule has 9 heteroatoms. The first kappa shape index (κ1) is 15.4. The summed E-state index contributed by atoms with van der Waals surface area (Å²) in [5, 5.41) is 12.1. The minimum Gasteiger partial charge on any atom is -0.390 e. The average molecular weight is 311 g/mol. The number of hydrogen-bond donors (Lipinski definition) is 1. The fourth-order valence-electron chi connectivity index (χ4n) is 1.62. The van der Waals surface area contributed by atoms with Gasteiger partial charge in [-0.3, -0.25) is 0 Å². The third-order valence-electron chi connectivity index (χ3n) is 2.59. The summed E-state index contributed by atoms with van der Waals surface area (Å²) in [7, 11) is 0. The van der Waals surface area contributed by atoms with Crippen LogP contribution in [-0.2, 0) is 19.0 Å². The summed E-state index contributed by atoms with van der Waals surface area (Å²) in [5.74, 6) is -0.296. The number of aliphatic hydroxyl groups is 1. The third-order valence-corrected chi connectivity index (χ3v) is 2.59. The standard InChI is InChI=1S/C12H7F6NO2/c13-11(14,15)7-1-6(2-8(3-7)12(16,17)18)10-4-9(5-20)19-21-10/h1-4,20H,5H2. The van der Waals surface area contributed by atoms with Crippen molar-refractivity contribution in [2.45, 2.75) is 19.0 Å². The van der Waals surface area contributed by atoms with E-state index in [0.717, 1.165) is 6.07 Å². The fraction of sp³-hybridized carbons (Fsp3) is 0.250. The molecule has 1 N–H and O–H groups in total. The molecule has 0 aliphatic rings. The molecule has 0 aliphatic carbocycles. The zero-order valence-electron chi connectivity index (χ0n) is 10.1.